The van der Waals surface area contributed by atoms with Gasteiger partial charge < -0.3 is 19.2 Å². The lowest BCUT2D eigenvalue weighted by atomic mass is 9.84. The fraction of sp³-hybridized carbons (Fsp3) is 0.520. The van der Waals surface area contributed by atoms with Crippen LogP contribution in [0.4, 0.5) is 0 Å². The number of benzene rings is 1. The first-order valence-electron chi connectivity index (χ1n) is 10.9. The van der Waals surface area contributed by atoms with Crippen molar-refractivity contribution in [3.8, 4) is 5.75 Å². The van der Waals surface area contributed by atoms with E-state index in [4.69, 9.17) is 13.9 Å². The van der Waals surface area contributed by atoms with Crippen molar-refractivity contribution in [1.29, 1.82) is 0 Å². The van der Waals surface area contributed by atoms with Crippen LogP contribution in [0, 0.1) is 20.8 Å². The lowest BCUT2D eigenvalue weighted by Gasteiger charge is -2.35. The quantitative estimate of drug-likeness (QED) is 0.683. The van der Waals surface area contributed by atoms with Crippen LogP contribution in [0.15, 0.2) is 16.5 Å². The summed E-state index contributed by atoms with van der Waals surface area (Å²) < 4.78 is 17.1. The summed E-state index contributed by atoms with van der Waals surface area (Å²) in [6.07, 6.45) is 2.56. The van der Waals surface area contributed by atoms with Gasteiger partial charge in [-0.3, -0.25) is 4.79 Å². The van der Waals surface area contributed by atoms with E-state index >= 15 is 0 Å². The third-order valence-corrected chi connectivity index (χ3v) is 6.11. The maximum absolute atomic E-state index is 12.4. The number of carbonyl (C=O) groups excluding carboxylic acids is 2. The molecule has 1 unspecified atom stereocenters. The summed E-state index contributed by atoms with van der Waals surface area (Å²) in [5.41, 5.74) is 5.91. The number of nitrogens with one attached hydrogen (secondary N) is 1. The van der Waals surface area contributed by atoms with Gasteiger partial charge in [0.1, 0.15) is 23.2 Å². The molecule has 6 heteroatoms. The average molecular weight is 428 g/mol. The normalized spacial score (nSPS) is 15.6. The predicted molar refractivity (Wildman–Crippen MR) is 119 cm³/mol. The lowest BCUT2D eigenvalue weighted by molar-refractivity contribution is -0.144. The van der Waals surface area contributed by atoms with Crippen molar-refractivity contribution in [3.63, 3.8) is 0 Å². The van der Waals surface area contributed by atoms with Gasteiger partial charge in [-0.1, -0.05) is 0 Å². The SMILES string of the molecule is CCOC(=O)C(C)NC(=O)c1ccc(Cc2c(C)c(C)c3c(c2C)CCC(C)(C)O3)o1. The molecule has 0 saturated carbocycles. The molecule has 1 N–H and O–H groups in total. The molecule has 2 aromatic rings. The summed E-state index contributed by atoms with van der Waals surface area (Å²) in [6, 6.07) is 2.72. The van der Waals surface area contributed by atoms with E-state index in [1.807, 2.05) is 6.07 Å². The Morgan fingerprint density at radius 3 is 2.55 bits per heavy atom. The predicted octanol–water partition coefficient (Wildman–Crippen LogP) is 4.58. The van der Waals surface area contributed by atoms with Crippen LogP contribution in [-0.2, 0) is 22.4 Å². The van der Waals surface area contributed by atoms with Gasteiger partial charge in [-0.15, -0.1) is 0 Å². The van der Waals surface area contributed by atoms with E-state index in [9.17, 15) is 9.59 Å². The van der Waals surface area contributed by atoms with Crippen LogP contribution in [-0.4, -0.2) is 30.1 Å². The van der Waals surface area contributed by atoms with Crippen LogP contribution in [0.25, 0.3) is 0 Å². The number of amides is 1. The zero-order chi connectivity index (χ0) is 22.9. The number of esters is 1. The minimum atomic E-state index is -0.738. The molecule has 1 amide bonds. The zero-order valence-electron chi connectivity index (χ0n) is 19.6. The van der Waals surface area contributed by atoms with E-state index in [2.05, 4.69) is 39.9 Å². The Morgan fingerprint density at radius 1 is 1.16 bits per heavy atom. The molecule has 0 bridgehead atoms. The number of ether oxygens (including phenoxy) is 2. The number of hydrogen-bond donors (Lipinski definition) is 1. The Morgan fingerprint density at radius 2 is 1.87 bits per heavy atom. The van der Waals surface area contributed by atoms with Gasteiger partial charge in [0.05, 0.1) is 6.61 Å². The Labute approximate surface area is 184 Å². The summed E-state index contributed by atoms with van der Waals surface area (Å²) in [6.45, 7) is 14.2. The largest absolute Gasteiger partial charge is 0.487 e. The first kappa shape index (κ1) is 22.9. The van der Waals surface area contributed by atoms with Crippen molar-refractivity contribution in [2.45, 2.75) is 79.4 Å². The first-order chi connectivity index (χ1) is 14.5. The van der Waals surface area contributed by atoms with Crippen LogP contribution in [0.2, 0.25) is 0 Å². The second kappa shape index (κ2) is 8.77. The third-order valence-electron chi connectivity index (χ3n) is 6.11. The topological polar surface area (TPSA) is 77.8 Å². The molecule has 1 atom stereocenters. The Balaban J connectivity index is 1.80. The number of carbonyl (C=O) groups is 2. The number of furan rings is 1. The molecule has 1 aliphatic heterocycles. The monoisotopic (exact) mass is 427 g/mol. The fourth-order valence-corrected chi connectivity index (χ4v) is 4.08. The summed E-state index contributed by atoms with van der Waals surface area (Å²) in [5.74, 6) is 1.00. The van der Waals surface area contributed by atoms with E-state index < -0.39 is 17.9 Å². The molecule has 1 aliphatic rings. The lowest BCUT2D eigenvalue weighted by Crippen LogP contribution is -2.39. The molecule has 31 heavy (non-hydrogen) atoms. The van der Waals surface area contributed by atoms with Gasteiger partial charge in [0.25, 0.3) is 5.91 Å². The molecule has 0 aliphatic carbocycles. The highest BCUT2D eigenvalue weighted by atomic mass is 16.5. The van der Waals surface area contributed by atoms with Gasteiger partial charge in [-0.05, 0) is 101 Å². The van der Waals surface area contributed by atoms with Crippen molar-refractivity contribution in [1.82, 2.24) is 5.32 Å². The number of rotatable bonds is 6. The van der Waals surface area contributed by atoms with Crippen LogP contribution < -0.4 is 10.1 Å². The highest BCUT2D eigenvalue weighted by Crippen LogP contribution is 2.41. The standard InChI is InChI=1S/C25H33NO5/c1-8-29-24(28)17(5)26-23(27)21-10-9-18(30-21)13-20-14(2)15(3)22-19(16(20)4)11-12-25(6,7)31-22/h9-10,17H,8,11-13H2,1-7H3,(H,26,27). The van der Waals surface area contributed by atoms with Crippen molar-refractivity contribution >= 4 is 11.9 Å². The number of hydrogen-bond acceptors (Lipinski definition) is 5. The molecule has 1 aromatic carbocycles. The Bertz CT molecular complexity index is 1000. The second-order valence-electron chi connectivity index (χ2n) is 8.91. The van der Waals surface area contributed by atoms with Gasteiger partial charge in [-0.2, -0.15) is 0 Å². The maximum atomic E-state index is 12.4. The van der Waals surface area contributed by atoms with Gasteiger partial charge in [-0.25, -0.2) is 4.79 Å². The maximum Gasteiger partial charge on any atom is 0.328 e. The number of fused-ring (bicyclic) bond motifs is 1. The molecular weight excluding hydrogens is 394 g/mol. The summed E-state index contributed by atoms with van der Waals surface area (Å²) >= 11 is 0. The second-order valence-corrected chi connectivity index (χ2v) is 8.91. The molecule has 6 nitrogen and oxygen atoms in total. The highest BCUT2D eigenvalue weighted by Gasteiger charge is 2.31. The average Bonchev–Trinajstić information content (AvgIpc) is 3.18. The van der Waals surface area contributed by atoms with Crippen LogP contribution in [0.5, 0.6) is 5.75 Å². The Hall–Kier alpha value is -2.76. The molecule has 0 spiro atoms. The smallest absolute Gasteiger partial charge is 0.328 e. The summed E-state index contributed by atoms with van der Waals surface area (Å²) in [7, 11) is 0. The molecule has 0 radical (unpaired) electrons. The van der Waals surface area contributed by atoms with Gasteiger partial charge >= 0.3 is 5.97 Å². The van der Waals surface area contributed by atoms with Crippen molar-refractivity contribution < 1.29 is 23.5 Å². The van der Waals surface area contributed by atoms with Crippen molar-refractivity contribution in [2.75, 3.05) is 6.61 Å². The summed E-state index contributed by atoms with van der Waals surface area (Å²) in [4.78, 5) is 24.2. The van der Waals surface area contributed by atoms with Gasteiger partial charge in [0, 0.05) is 6.42 Å². The van der Waals surface area contributed by atoms with E-state index in [1.165, 1.54) is 22.3 Å². The van der Waals surface area contributed by atoms with Gasteiger partial charge in [0.15, 0.2) is 5.76 Å². The fourth-order valence-electron chi connectivity index (χ4n) is 4.08. The molecule has 0 fully saturated rings. The summed E-state index contributed by atoms with van der Waals surface area (Å²) in [5, 5.41) is 2.61. The van der Waals surface area contributed by atoms with E-state index in [0.717, 1.165) is 24.2 Å². The molecule has 2 heterocycles. The highest BCUT2D eigenvalue weighted by molar-refractivity contribution is 5.94. The van der Waals surface area contributed by atoms with Crippen molar-refractivity contribution in [2.24, 2.45) is 0 Å². The molecule has 1 aromatic heterocycles. The van der Waals surface area contributed by atoms with E-state index in [-0.39, 0.29) is 18.0 Å². The van der Waals surface area contributed by atoms with Gasteiger partial charge in [0.2, 0.25) is 0 Å². The van der Waals surface area contributed by atoms with Crippen LogP contribution >= 0.6 is 0 Å². The first-order valence-corrected chi connectivity index (χ1v) is 10.9. The van der Waals surface area contributed by atoms with Crippen molar-refractivity contribution in [3.05, 3.63) is 51.5 Å². The Kier molecular flexibility index (Phi) is 6.48. The molecule has 168 valence electrons. The third kappa shape index (κ3) is 4.78. The minimum absolute atomic E-state index is 0.151. The van der Waals surface area contributed by atoms with Crippen LogP contribution in [0.3, 0.4) is 0 Å². The minimum Gasteiger partial charge on any atom is -0.487 e. The molecular formula is C25H33NO5. The zero-order valence-corrected chi connectivity index (χ0v) is 19.6. The van der Waals surface area contributed by atoms with Crippen LogP contribution in [0.1, 0.15) is 78.2 Å². The van der Waals surface area contributed by atoms with E-state index in [0.29, 0.717) is 12.2 Å². The van der Waals surface area contributed by atoms with E-state index in [1.54, 1.807) is 19.9 Å². The molecule has 3 rings (SSSR count). The molecule has 0 saturated heterocycles.